The summed E-state index contributed by atoms with van der Waals surface area (Å²) >= 11 is 0. The van der Waals surface area contributed by atoms with E-state index in [1.807, 2.05) is 97.1 Å². The number of amides is 3. The number of nitrogens with two attached hydrogens (primary N) is 1. The number of hydrogen-bond acceptors (Lipinski definition) is 15. The number of hydrogen-bond donors (Lipinski definition) is 4. The Bertz CT molecular complexity index is 2350. The van der Waals surface area contributed by atoms with Gasteiger partial charge in [0.05, 0.1) is 37.8 Å². The van der Waals surface area contributed by atoms with Crippen LogP contribution in [0.3, 0.4) is 0 Å². The molecule has 3 amide bonds. The third-order valence-electron chi connectivity index (χ3n) is 9.36. The van der Waals surface area contributed by atoms with E-state index in [0.29, 0.717) is 0 Å². The molecule has 4 aromatic rings. The molecule has 4 aromatic carbocycles. The molecule has 18 nitrogen and oxygen atoms in total. The fourth-order valence-corrected chi connectivity index (χ4v) is 7.63. The molecule has 0 spiro atoms. The Hall–Kier alpha value is -2.92. The minimum atomic E-state index is -4.83. The van der Waals surface area contributed by atoms with Crippen molar-refractivity contribution in [3.63, 3.8) is 0 Å². The van der Waals surface area contributed by atoms with Crippen LogP contribution >= 0.6 is 0 Å². The minimum Gasteiger partial charge on any atom is -0.748 e. The van der Waals surface area contributed by atoms with E-state index in [9.17, 15) is 49.9 Å². The molecule has 0 radical (unpaired) electrons. The van der Waals surface area contributed by atoms with Crippen molar-refractivity contribution < 1.29 is 167 Å². The smallest absolute Gasteiger partial charge is 0.748 e. The second kappa shape index (κ2) is 29.8. The standard InChI is InChI=1S/C29H30N2O8S.C14H20N2O6S.2K/c32-27(15-8-16-30-28(33)38-17-20-9-2-1-3-10-20)26(19-40(35,36)37)31-29(34)39-18-25-23-13-6-4-11-21(23)22-12-5-7-14-24(22)25;15-12(10-23(19,20)21)13(17)7-4-8-16-14(18)22-9-11-5-2-1-3-6-11;;/h1-7,9-14,25-26H,8,15-19H2,(H,30,33)(H,31,34)(H,35,36,37);1-3,5-6,12H,4,7-10,15H2,(H,16,18)(H,19,20,21);;/q;;2*+1/p-2/t26-;12-;;/m00../s1. The molecule has 5 N–H and O–H groups in total. The number of carbonyl (C=O) groups excluding carboxylic acids is 5. The van der Waals surface area contributed by atoms with E-state index in [4.69, 9.17) is 19.9 Å². The fourth-order valence-electron chi connectivity index (χ4n) is 6.33. The van der Waals surface area contributed by atoms with E-state index in [-0.39, 0.29) is 167 Å². The van der Waals surface area contributed by atoms with Crippen molar-refractivity contribution >= 4 is 50.1 Å². The largest absolute Gasteiger partial charge is 1.00 e. The molecule has 1 aliphatic carbocycles. The van der Waals surface area contributed by atoms with E-state index in [0.717, 1.165) is 33.4 Å². The number of fused-ring (bicyclic) bond motifs is 3. The second-order valence-corrected chi connectivity index (χ2v) is 17.1. The Morgan fingerprint density at radius 2 is 0.985 bits per heavy atom. The van der Waals surface area contributed by atoms with Gasteiger partial charge in [-0.1, -0.05) is 109 Å². The van der Waals surface area contributed by atoms with E-state index in [1.54, 1.807) is 12.1 Å². The molecule has 0 heterocycles. The Balaban J connectivity index is 0.000000499. The first-order valence-electron chi connectivity index (χ1n) is 19.7. The number of Topliss-reactive ketones (excluding diaryl/α,β-unsaturated/α-hetero) is 2. The van der Waals surface area contributed by atoms with Gasteiger partial charge >= 0.3 is 121 Å². The first-order valence-corrected chi connectivity index (χ1v) is 22.8. The quantitative estimate of drug-likeness (QED) is 0.0300. The van der Waals surface area contributed by atoms with E-state index in [1.165, 1.54) is 0 Å². The van der Waals surface area contributed by atoms with Gasteiger partial charge in [-0.25, -0.2) is 31.2 Å². The van der Waals surface area contributed by atoms with Gasteiger partial charge in [0, 0.05) is 31.8 Å². The van der Waals surface area contributed by atoms with Gasteiger partial charge in [0.2, 0.25) is 0 Å². The van der Waals surface area contributed by atoms with Crippen molar-refractivity contribution in [2.24, 2.45) is 5.73 Å². The van der Waals surface area contributed by atoms with Crippen molar-refractivity contribution in [3.8, 4) is 11.1 Å². The van der Waals surface area contributed by atoms with Crippen LogP contribution in [0.2, 0.25) is 0 Å². The van der Waals surface area contributed by atoms with Crippen LogP contribution in [0.1, 0.15) is 53.9 Å². The maximum atomic E-state index is 12.7. The molecule has 0 bridgehead atoms. The summed E-state index contributed by atoms with van der Waals surface area (Å²) < 4.78 is 81.1. The molecule has 65 heavy (non-hydrogen) atoms. The summed E-state index contributed by atoms with van der Waals surface area (Å²) in [7, 11) is -9.36. The maximum absolute atomic E-state index is 12.7. The number of ketones is 2. The summed E-state index contributed by atoms with van der Waals surface area (Å²) in [4.78, 5) is 60.0. The summed E-state index contributed by atoms with van der Waals surface area (Å²) in [5, 5.41) is 7.19. The average Bonchev–Trinajstić information content (AvgIpc) is 3.57. The normalized spacial score (nSPS) is 12.4. The summed E-state index contributed by atoms with van der Waals surface area (Å²) in [5.41, 5.74) is 11.0. The molecule has 0 saturated heterocycles. The molecule has 0 saturated carbocycles. The third kappa shape index (κ3) is 22.2. The number of benzene rings is 4. The Kier molecular flexibility index (Phi) is 26.6. The predicted molar refractivity (Wildman–Crippen MR) is 227 cm³/mol. The van der Waals surface area contributed by atoms with Gasteiger partial charge in [0.25, 0.3) is 0 Å². The molecule has 22 heteroatoms. The first kappa shape index (κ1) is 58.2. The molecule has 0 fully saturated rings. The molecule has 5 rings (SSSR count). The van der Waals surface area contributed by atoms with E-state index >= 15 is 0 Å². The second-order valence-electron chi connectivity index (χ2n) is 14.2. The average molecular weight is 987 g/mol. The van der Waals surface area contributed by atoms with Gasteiger partial charge in [0.1, 0.15) is 25.9 Å². The molecule has 0 unspecified atom stereocenters. The monoisotopic (exact) mass is 986 g/mol. The van der Waals surface area contributed by atoms with Crippen molar-refractivity contribution in [1.82, 2.24) is 16.0 Å². The van der Waals surface area contributed by atoms with Crippen molar-refractivity contribution in [1.29, 1.82) is 0 Å². The van der Waals surface area contributed by atoms with Gasteiger partial charge in [-0.2, -0.15) is 0 Å². The molecule has 1 aliphatic rings. The van der Waals surface area contributed by atoms with Crippen LogP contribution in [0.5, 0.6) is 0 Å². The number of rotatable bonds is 21. The van der Waals surface area contributed by atoms with Crippen LogP contribution in [0, 0.1) is 0 Å². The number of carbonyl (C=O) groups is 5. The van der Waals surface area contributed by atoms with Crippen molar-refractivity contribution in [2.75, 3.05) is 31.2 Å². The summed E-state index contributed by atoms with van der Waals surface area (Å²) in [5.74, 6) is -3.47. The molecular formula is C43H48K2N4O14S2. The predicted octanol–water partition coefficient (Wildman–Crippen LogP) is -2.14. The van der Waals surface area contributed by atoms with Gasteiger partial charge < -0.3 is 45.0 Å². The number of nitrogens with one attached hydrogen (secondary N) is 3. The van der Waals surface area contributed by atoms with Crippen LogP contribution in [-0.2, 0) is 57.2 Å². The zero-order valence-electron chi connectivity index (χ0n) is 36.0. The molecular weight excluding hydrogens is 939 g/mol. The first-order chi connectivity index (χ1) is 30.0. The van der Waals surface area contributed by atoms with E-state index < -0.39 is 73.7 Å². The zero-order chi connectivity index (χ0) is 45.8. The van der Waals surface area contributed by atoms with Crippen LogP contribution in [0.4, 0.5) is 14.4 Å². The van der Waals surface area contributed by atoms with Gasteiger partial charge in [0.15, 0.2) is 11.6 Å². The van der Waals surface area contributed by atoms with Crippen LogP contribution in [-0.4, -0.2) is 99.1 Å². The Morgan fingerprint density at radius 1 is 0.569 bits per heavy atom. The number of ether oxygens (including phenoxy) is 3. The minimum absolute atomic E-state index is 0. The summed E-state index contributed by atoms with van der Waals surface area (Å²) in [6.45, 7) is 0.425. The van der Waals surface area contributed by atoms with Gasteiger partial charge in [-0.05, 0) is 46.2 Å². The molecule has 2 atom stereocenters. The van der Waals surface area contributed by atoms with Crippen molar-refractivity contribution in [3.05, 3.63) is 131 Å². The van der Waals surface area contributed by atoms with Crippen LogP contribution < -0.4 is 124 Å². The van der Waals surface area contributed by atoms with E-state index in [2.05, 4.69) is 16.0 Å². The molecule has 338 valence electrons. The Labute approximate surface area is 463 Å². The third-order valence-corrected chi connectivity index (χ3v) is 10.9. The van der Waals surface area contributed by atoms with Crippen LogP contribution in [0.25, 0.3) is 11.1 Å². The SMILES string of the molecule is N[C@@H](CS(=O)(=O)[O-])C(=O)CCCNC(=O)OCc1ccccc1.O=C(NCCCC(=O)[C@H](CS(=O)(=O)[O-])NC(=O)OCC1c2ccccc2-c2ccccc21)OCc1ccccc1.[K+].[K+]. The van der Waals surface area contributed by atoms with Crippen molar-refractivity contribution in [2.45, 2.75) is 56.9 Å². The summed E-state index contributed by atoms with van der Waals surface area (Å²) in [6, 6.07) is 30.8. The maximum Gasteiger partial charge on any atom is 1.00 e. The summed E-state index contributed by atoms with van der Waals surface area (Å²) in [6.07, 6.45) is -2.11. The molecule has 0 aliphatic heterocycles. The topological polar surface area (TPSA) is 290 Å². The van der Waals surface area contributed by atoms with Gasteiger partial charge in [-0.15, -0.1) is 0 Å². The zero-order valence-corrected chi connectivity index (χ0v) is 43.9. The Morgan fingerprint density at radius 3 is 1.43 bits per heavy atom. The van der Waals surface area contributed by atoms with Crippen LogP contribution in [0.15, 0.2) is 109 Å². The fraction of sp³-hybridized carbons (Fsp3) is 0.326. The molecule has 0 aromatic heterocycles. The number of alkyl carbamates (subject to hydrolysis) is 3. The van der Waals surface area contributed by atoms with Gasteiger partial charge in [-0.3, -0.25) is 9.59 Å².